The van der Waals surface area contributed by atoms with Crippen molar-refractivity contribution in [3.8, 4) is 0 Å². The lowest BCUT2D eigenvalue weighted by atomic mass is 10.1. The van der Waals surface area contributed by atoms with Crippen molar-refractivity contribution in [3.63, 3.8) is 0 Å². The van der Waals surface area contributed by atoms with Crippen LogP contribution in [0, 0.1) is 0 Å². The molecule has 8 heteroatoms. The van der Waals surface area contributed by atoms with Crippen LogP contribution in [0.15, 0.2) is 60.4 Å². The molecule has 2 N–H and O–H groups in total. The summed E-state index contributed by atoms with van der Waals surface area (Å²) >= 11 is 5.43. The quantitative estimate of drug-likeness (QED) is 0.305. The number of benzene rings is 2. The number of amides is 2. The maximum absolute atomic E-state index is 13.1. The Hall–Kier alpha value is -3.49. The summed E-state index contributed by atoms with van der Waals surface area (Å²) in [6.07, 6.45) is 4.54. The number of carbonyl (C=O) groups excluding carboxylic acids is 2. The van der Waals surface area contributed by atoms with Gasteiger partial charge in [0.25, 0.3) is 5.91 Å². The topological polar surface area (TPSA) is 75.6 Å². The first kappa shape index (κ1) is 22.7. The van der Waals surface area contributed by atoms with Crippen LogP contribution < -0.4 is 15.5 Å². The van der Waals surface area contributed by atoms with Gasteiger partial charge in [0.2, 0.25) is 5.91 Å². The van der Waals surface area contributed by atoms with Crippen LogP contribution in [-0.2, 0) is 27.3 Å². The SMILES string of the molecule is CCc1cccc2c(C=C3NC(=S)N(c4ccccc4)C3=O)cn(CC(=O)NCCOC)c12. The van der Waals surface area contributed by atoms with Crippen molar-refractivity contribution in [2.75, 3.05) is 25.2 Å². The highest BCUT2D eigenvalue weighted by Crippen LogP contribution is 2.29. The van der Waals surface area contributed by atoms with Crippen LogP contribution >= 0.6 is 12.2 Å². The number of hydrogen-bond donors (Lipinski definition) is 2. The molecule has 1 aliphatic heterocycles. The molecule has 0 unspecified atom stereocenters. The minimum Gasteiger partial charge on any atom is -0.383 e. The van der Waals surface area contributed by atoms with E-state index in [2.05, 4.69) is 23.6 Å². The Bertz CT molecular complexity index is 1230. The molecule has 0 atom stereocenters. The number of nitrogens with one attached hydrogen (secondary N) is 2. The van der Waals surface area contributed by atoms with Crippen molar-refractivity contribution in [1.82, 2.24) is 15.2 Å². The predicted molar refractivity (Wildman–Crippen MR) is 134 cm³/mol. The molecule has 1 fully saturated rings. The maximum Gasteiger partial charge on any atom is 0.281 e. The number of rotatable bonds is 8. The number of aryl methyl sites for hydroxylation is 1. The van der Waals surface area contributed by atoms with Crippen LogP contribution in [0.2, 0.25) is 0 Å². The van der Waals surface area contributed by atoms with E-state index in [0.29, 0.717) is 29.6 Å². The van der Waals surface area contributed by atoms with Gasteiger partial charge in [-0.1, -0.05) is 43.3 Å². The predicted octanol–water partition coefficient (Wildman–Crippen LogP) is 3.23. The molecule has 1 aliphatic rings. The second-order valence-electron chi connectivity index (χ2n) is 7.69. The van der Waals surface area contributed by atoms with Gasteiger partial charge in [-0.2, -0.15) is 0 Å². The molecule has 170 valence electrons. The van der Waals surface area contributed by atoms with Gasteiger partial charge in [0, 0.05) is 30.8 Å². The molecule has 0 radical (unpaired) electrons. The number of aromatic nitrogens is 1. The van der Waals surface area contributed by atoms with Crippen LogP contribution in [0.1, 0.15) is 18.1 Å². The molecule has 2 aromatic carbocycles. The minimum absolute atomic E-state index is 0.0967. The van der Waals surface area contributed by atoms with E-state index in [1.54, 1.807) is 13.2 Å². The number of hydrogen-bond acceptors (Lipinski definition) is 4. The summed E-state index contributed by atoms with van der Waals surface area (Å²) in [5.41, 5.74) is 4.08. The van der Waals surface area contributed by atoms with Gasteiger partial charge < -0.3 is 19.9 Å². The fourth-order valence-electron chi connectivity index (χ4n) is 4.00. The van der Waals surface area contributed by atoms with E-state index in [9.17, 15) is 9.59 Å². The van der Waals surface area contributed by atoms with Gasteiger partial charge in [-0.05, 0) is 42.4 Å². The lowest BCUT2D eigenvalue weighted by molar-refractivity contribution is -0.121. The molecule has 2 amide bonds. The standard InChI is InChI=1S/C25H26N4O3S/c1-3-17-8-7-11-20-18(15-28(23(17)20)16-22(30)26-12-13-32-2)14-21-24(31)29(25(33)27-21)19-9-5-4-6-10-19/h4-11,14-15H,3,12-13,16H2,1-2H3,(H,26,30)(H,27,33). The Labute approximate surface area is 198 Å². The summed E-state index contributed by atoms with van der Waals surface area (Å²) in [6.45, 7) is 3.18. The Morgan fingerprint density at radius 1 is 1.18 bits per heavy atom. The molecule has 33 heavy (non-hydrogen) atoms. The van der Waals surface area contributed by atoms with Crippen molar-refractivity contribution >= 4 is 51.8 Å². The van der Waals surface area contributed by atoms with Crippen molar-refractivity contribution in [2.45, 2.75) is 19.9 Å². The van der Waals surface area contributed by atoms with E-state index in [-0.39, 0.29) is 18.4 Å². The second-order valence-corrected chi connectivity index (χ2v) is 8.07. The Kier molecular flexibility index (Phi) is 6.86. The molecule has 0 bridgehead atoms. The average molecular weight is 463 g/mol. The summed E-state index contributed by atoms with van der Waals surface area (Å²) in [6, 6.07) is 15.4. The molecular weight excluding hydrogens is 436 g/mol. The van der Waals surface area contributed by atoms with Crippen molar-refractivity contribution < 1.29 is 14.3 Å². The van der Waals surface area contributed by atoms with Gasteiger partial charge in [-0.3, -0.25) is 14.5 Å². The summed E-state index contributed by atoms with van der Waals surface area (Å²) in [7, 11) is 1.60. The number of thiocarbonyl (C=S) groups is 1. The van der Waals surface area contributed by atoms with E-state index in [1.807, 2.05) is 53.2 Å². The Morgan fingerprint density at radius 2 is 1.97 bits per heavy atom. The zero-order valence-electron chi connectivity index (χ0n) is 18.6. The van der Waals surface area contributed by atoms with Crippen LogP contribution in [-0.4, -0.2) is 41.8 Å². The Balaban J connectivity index is 1.70. The van der Waals surface area contributed by atoms with E-state index in [4.69, 9.17) is 17.0 Å². The monoisotopic (exact) mass is 462 g/mol. The first-order valence-corrected chi connectivity index (χ1v) is 11.2. The lowest BCUT2D eigenvalue weighted by Gasteiger charge is -2.13. The smallest absolute Gasteiger partial charge is 0.281 e. The number of ether oxygens (including phenoxy) is 1. The third-order valence-electron chi connectivity index (χ3n) is 5.53. The first-order valence-electron chi connectivity index (χ1n) is 10.8. The molecule has 0 spiro atoms. The third-order valence-corrected chi connectivity index (χ3v) is 5.81. The number of para-hydroxylation sites is 2. The highest BCUT2D eigenvalue weighted by molar-refractivity contribution is 7.80. The fraction of sp³-hybridized carbons (Fsp3) is 0.240. The molecule has 7 nitrogen and oxygen atoms in total. The molecule has 0 saturated carbocycles. The van der Waals surface area contributed by atoms with Gasteiger partial charge in [-0.25, -0.2) is 0 Å². The molecule has 1 saturated heterocycles. The highest BCUT2D eigenvalue weighted by Gasteiger charge is 2.32. The number of nitrogens with zero attached hydrogens (tertiary/aromatic N) is 2. The molecule has 2 heterocycles. The van der Waals surface area contributed by atoms with Crippen LogP contribution in [0.4, 0.5) is 5.69 Å². The highest BCUT2D eigenvalue weighted by atomic mass is 32.1. The summed E-state index contributed by atoms with van der Waals surface area (Å²) in [5, 5.41) is 7.23. The zero-order chi connectivity index (χ0) is 23.4. The zero-order valence-corrected chi connectivity index (χ0v) is 19.4. The summed E-state index contributed by atoms with van der Waals surface area (Å²) in [5.74, 6) is -0.309. The van der Waals surface area contributed by atoms with E-state index >= 15 is 0 Å². The van der Waals surface area contributed by atoms with Gasteiger partial charge in [0.05, 0.1) is 17.8 Å². The van der Waals surface area contributed by atoms with Gasteiger partial charge in [0.1, 0.15) is 12.2 Å². The lowest BCUT2D eigenvalue weighted by Crippen LogP contribution is -2.30. The molecular formula is C25H26N4O3S. The molecule has 3 aromatic rings. The molecule has 1 aromatic heterocycles. The summed E-state index contributed by atoms with van der Waals surface area (Å²) in [4.78, 5) is 27.1. The fourth-order valence-corrected chi connectivity index (χ4v) is 4.29. The van der Waals surface area contributed by atoms with Crippen LogP contribution in [0.5, 0.6) is 0 Å². The van der Waals surface area contributed by atoms with Gasteiger partial charge in [0.15, 0.2) is 5.11 Å². The average Bonchev–Trinajstić information content (AvgIpc) is 3.30. The van der Waals surface area contributed by atoms with E-state index < -0.39 is 0 Å². The van der Waals surface area contributed by atoms with Crippen molar-refractivity contribution in [2.24, 2.45) is 0 Å². The molecule has 0 aliphatic carbocycles. The largest absolute Gasteiger partial charge is 0.383 e. The Morgan fingerprint density at radius 3 is 2.70 bits per heavy atom. The van der Waals surface area contributed by atoms with Crippen LogP contribution in [0.25, 0.3) is 17.0 Å². The van der Waals surface area contributed by atoms with Crippen LogP contribution in [0.3, 0.4) is 0 Å². The number of carbonyl (C=O) groups is 2. The first-order chi connectivity index (χ1) is 16.0. The molecule has 4 rings (SSSR count). The number of anilines is 1. The van der Waals surface area contributed by atoms with Gasteiger partial charge >= 0.3 is 0 Å². The second kappa shape index (κ2) is 9.97. The van der Waals surface area contributed by atoms with Gasteiger partial charge in [-0.15, -0.1) is 0 Å². The normalized spacial score (nSPS) is 14.8. The number of fused-ring (bicyclic) bond motifs is 1. The van der Waals surface area contributed by atoms with E-state index in [0.717, 1.165) is 28.5 Å². The van der Waals surface area contributed by atoms with Crippen molar-refractivity contribution in [3.05, 3.63) is 71.6 Å². The minimum atomic E-state index is -0.212. The summed E-state index contributed by atoms with van der Waals surface area (Å²) < 4.78 is 6.94. The maximum atomic E-state index is 13.1. The number of methoxy groups -OCH3 is 1. The van der Waals surface area contributed by atoms with E-state index in [1.165, 1.54) is 4.90 Å². The van der Waals surface area contributed by atoms with Crippen molar-refractivity contribution in [1.29, 1.82) is 0 Å². The third kappa shape index (κ3) is 4.67.